The van der Waals surface area contributed by atoms with Crippen molar-refractivity contribution in [3.05, 3.63) is 11.6 Å². The molecule has 0 aliphatic heterocycles. The van der Waals surface area contributed by atoms with Crippen molar-refractivity contribution in [2.45, 2.75) is 131 Å². The first-order valence-corrected chi connectivity index (χ1v) is 15.2. The second-order valence-corrected chi connectivity index (χ2v) is 13.3. The maximum atomic E-state index is 13.0. The van der Waals surface area contributed by atoms with Gasteiger partial charge in [0, 0.05) is 43.4 Å². The Hall–Kier alpha value is -2.42. The summed E-state index contributed by atoms with van der Waals surface area (Å²) < 4.78 is 23.8. The molecule has 0 aromatic heterocycles. The Kier molecular flexibility index (Phi) is 10.4. The van der Waals surface area contributed by atoms with Crippen LogP contribution in [-0.2, 0) is 38.1 Å². The average Bonchev–Trinajstić information content (AvgIpc) is 3.12. The van der Waals surface area contributed by atoms with Crippen molar-refractivity contribution in [2.75, 3.05) is 0 Å². The molecule has 3 rings (SSSR count). The molecule has 0 aromatic carbocycles. The highest BCUT2D eigenvalue weighted by atomic mass is 16.6. The van der Waals surface area contributed by atoms with Crippen LogP contribution in [-0.4, -0.2) is 59.5 Å². The minimum absolute atomic E-state index is 0.0954. The molecule has 1 N–H and O–H groups in total. The predicted octanol–water partition coefficient (Wildman–Crippen LogP) is 4.92. The van der Waals surface area contributed by atoms with Gasteiger partial charge in [0.05, 0.1) is 0 Å². The molecular formula is C32H50O9. The van der Waals surface area contributed by atoms with Crippen molar-refractivity contribution in [2.24, 2.45) is 34.5 Å². The smallest absolute Gasteiger partial charge is 0.306 e. The largest absolute Gasteiger partial charge is 0.462 e. The Morgan fingerprint density at radius 1 is 0.902 bits per heavy atom. The maximum absolute atomic E-state index is 13.0. The fourth-order valence-corrected chi connectivity index (χ4v) is 8.07. The van der Waals surface area contributed by atoms with E-state index in [-0.39, 0.29) is 36.1 Å². The molecule has 3 aliphatic rings. The van der Waals surface area contributed by atoms with E-state index < -0.39 is 59.3 Å². The first-order chi connectivity index (χ1) is 19.1. The van der Waals surface area contributed by atoms with E-state index in [4.69, 9.17) is 18.9 Å². The molecule has 0 saturated heterocycles. The minimum Gasteiger partial charge on any atom is -0.462 e. The molecule has 0 bridgehead atoms. The van der Waals surface area contributed by atoms with Crippen LogP contribution >= 0.6 is 0 Å². The summed E-state index contributed by atoms with van der Waals surface area (Å²) in [6, 6.07) is 0. The molecule has 9 nitrogen and oxygen atoms in total. The molecule has 9 heteroatoms. The van der Waals surface area contributed by atoms with Gasteiger partial charge in [0.25, 0.3) is 0 Å². The van der Waals surface area contributed by atoms with Crippen LogP contribution in [0.2, 0.25) is 0 Å². The fourth-order valence-electron chi connectivity index (χ4n) is 8.07. The maximum Gasteiger partial charge on any atom is 0.306 e. The molecule has 0 amide bonds. The topological polar surface area (TPSA) is 125 Å². The molecule has 2 fully saturated rings. The summed E-state index contributed by atoms with van der Waals surface area (Å²) in [7, 11) is 0. The first kappa shape index (κ1) is 33.1. The van der Waals surface area contributed by atoms with Gasteiger partial charge in [0.2, 0.25) is 0 Å². The van der Waals surface area contributed by atoms with Gasteiger partial charge in [-0.3, -0.25) is 19.2 Å². The van der Waals surface area contributed by atoms with Gasteiger partial charge in [-0.05, 0) is 55.9 Å². The van der Waals surface area contributed by atoms with Crippen molar-refractivity contribution < 1.29 is 43.2 Å². The number of aliphatic hydroxyl groups excluding tert-OH is 1. The number of carbonyl (C=O) groups excluding carboxylic acids is 4. The van der Waals surface area contributed by atoms with Crippen LogP contribution in [0.15, 0.2) is 11.6 Å². The minimum atomic E-state index is -1.33. The second-order valence-electron chi connectivity index (χ2n) is 13.3. The zero-order valence-corrected chi connectivity index (χ0v) is 26.2. The van der Waals surface area contributed by atoms with Gasteiger partial charge in [-0.15, -0.1) is 0 Å². The van der Waals surface area contributed by atoms with E-state index in [1.165, 1.54) is 13.8 Å². The van der Waals surface area contributed by atoms with Crippen LogP contribution < -0.4 is 0 Å². The molecular weight excluding hydrogens is 528 g/mol. The van der Waals surface area contributed by atoms with E-state index >= 15 is 0 Å². The standard InChI is InChI=1S/C32H50O9/c1-10-12-24(35)40-22-15-32(9)23(38-19(6)33)16-31(8)21(27(32)26(22)17(3)4)14-18(5)29(39-20(7)34)28(37)30(31)41-25(36)13-11-2/h14,17,21-23,26-30,37H,10-13,15-16H2,1-9H3/t21-,22-,23-,26-,27+,28-,29-,30+,31+,32-/m0/s1. The molecule has 0 spiro atoms. The van der Waals surface area contributed by atoms with E-state index in [0.29, 0.717) is 37.7 Å². The van der Waals surface area contributed by atoms with Gasteiger partial charge in [-0.2, -0.15) is 0 Å². The van der Waals surface area contributed by atoms with E-state index in [0.717, 1.165) is 0 Å². The Morgan fingerprint density at radius 3 is 1.98 bits per heavy atom. The quantitative estimate of drug-likeness (QED) is 0.230. The van der Waals surface area contributed by atoms with Crippen LogP contribution in [0.3, 0.4) is 0 Å². The van der Waals surface area contributed by atoms with Crippen LogP contribution in [0.5, 0.6) is 0 Å². The Labute approximate surface area is 244 Å². The number of rotatable bonds is 9. The zero-order valence-electron chi connectivity index (χ0n) is 26.2. The van der Waals surface area contributed by atoms with Crippen LogP contribution in [0, 0.1) is 34.5 Å². The molecule has 0 radical (unpaired) electrons. The summed E-state index contributed by atoms with van der Waals surface area (Å²) in [5.41, 5.74) is -0.790. The van der Waals surface area contributed by atoms with Crippen molar-refractivity contribution in [3.8, 4) is 0 Å². The molecule has 10 atom stereocenters. The molecule has 3 aliphatic carbocycles. The highest BCUT2D eigenvalue weighted by Gasteiger charge is 2.69. The summed E-state index contributed by atoms with van der Waals surface area (Å²) in [5, 5.41) is 11.8. The molecule has 0 aromatic rings. The monoisotopic (exact) mass is 578 g/mol. The number of carbonyl (C=O) groups is 4. The lowest BCUT2D eigenvalue weighted by molar-refractivity contribution is -0.211. The molecule has 0 heterocycles. The number of hydrogen-bond donors (Lipinski definition) is 1. The van der Waals surface area contributed by atoms with Crippen molar-refractivity contribution >= 4 is 23.9 Å². The van der Waals surface area contributed by atoms with Gasteiger partial charge in [0.15, 0.2) is 6.10 Å². The summed E-state index contributed by atoms with van der Waals surface area (Å²) in [5.74, 6) is -2.10. The van der Waals surface area contributed by atoms with E-state index in [1.54, 1.807) is 0 Å². The molecule has 232 valence electrons. The third-order valence-electron chi connectivity index (χ3n) is 9.74. The van der Waals surface area contributed by atoms with Gasteiger partial charge < -0.3 is 24.1 Å². The first-order valence-electron chi connectivity index (χ1n) is 15.2. The van der Waals surface area contributed by atoms with Crippen LogP contribution in [0.4, 0.5) is 0 Å². The third-order valence-corrected chi connectivity index (χ3v) is 9.74. The van der Waals surface area contributed by atoms with Crippen molar-refractivity contribution in [1.82, 2.24) is 0 Å². The molecule has 0 unspecified atom stereocenters. The number of hydrogen-bond acceptors (Lipinski definition) is 9. The second kappa shape index (κ2) is 12.8. The lowest BCUT2D eigenvalue weighted by Gasteiger charge is -2.57. The molecule has 41 heavy (non-hydrogen) atoms. The summed E-state index contributed by atoms with van der Waals surface area (Å²) in [6.07, 6.45) is 0.278. The number of aliphatic hydroxyl groups is 1. The fraction of sp³-hybridized carbons (Fsp3) is 0.812. The van der Waals surface area contributed by atoms with Crippen molar-refractivity contribution in [1.29, 1.82) is 0 Å². The third kappa shape index (κ3) is 6.50. The number of esters is 4. The Morgan fingerprint density at radius 2 is 1.46 bits per heavy atom. The van der Waals surface area contributed by atoms with Crippen LogP contribution in [0.1, 0.15) is 101 Å². The number of allylic oxidation sites excluding steroid dienone is 1. The van der Waals surface area contributed by atoms with Gasteiger partial charge in [-0.25, -0.2) is 0 Å². The lowest BCUT2D eigenvalue weighted by Crippen LogP contribution is -2.61. The Bertz CT molecular complexity index is 1030. The lowest BCUT2D eigenvalue weighted by atomic mass is 9.49. The van der Waals surface area contributed by atoms with Gasteiger partial charge in [-0.1, -0.05) is 47.6 Å². The van der Waals surface area contributed by atoms with Gasteiger partial charge in [0.1, 0.15) is 24.4 Å². The highest BCUT2D eigenvalue weighted by Crippen LogP contribution is 2.66. The normalized spacial score (nSPS) is 38.2. The van der Waals surface area contributed by atoms with Crippen molar-refractivity contribution in [3.63, 3.8) is 0 Å². The SMILES string of the molecule is CCCC(=O)O[C@H]1C[C@]2(C)[C@@H]([C@H]1C(C)C)[C@@H]1C=C(C)[C@H](OC(C)=O)[C@H](O)[C@@H](OC(=O)CCC)[C@]1(C)C[C@@H]2OC(C)=O. The average molecular weight is 579 g/mol. The molecule has 2 saturated carbocycles. The van der Waals surface area contributed by atoms with E-state index in [1.807, 2.05) is 27.7 Å². The van der Waals surface area contributed by atoms with Gasteiger partial charge >= 0.3 is 23.9 Å². The summed E-state index contributed by atoms with van der Waals surface area (Å²) in [6.45, 7) is 16.6. The Balaban J connectivity index is 2.25. The number of fused-ring (bicyclic) bond motifs is 3. The zero-order chi connectivity index (χ0) is 30.9. The van der Waals surface area contributed by atoms with E-state index in [9.17, 15) is 24.3 Å². The summed E-state index contributed by atoms with van der Waals surface area (Å²) in [4.78, 5) is 50.3. The van der Waals surface area contributed by atoms with E-state index in [2.05, 4.69) is 26.8 Å². The number of ether oxygens (including phenoxy) is 4. The summed E-state index contributed by atoms with van der Waals surface area (Å²) >= 11 is 0. The van der Waals surface area contributed by atoms with Crippen LogP contribution in [0.25, 0.3) is 0 Å². The predicted molar refractivity (Wildman–Crippen MR) is 151 cm³/mol. The highest BCUT2D eigenvalue weighted by molar-refractivity contribution is 5.70.